The summed E-state index contributed by atoms with van der Waals surface area (Å²) in [6, 6.07) is -0.0897. The molecule has 0 aromatic rings. The number of urea groups is 1. The molecule has 2 N–H and O–H groups in total. The van der Waals surface area contributed by atoms with E-state index in [1.54, 1.807) is 4.90 Å². The molecule has 20 heavy (non-hydrogen) atoms. The van der Waals surface area contributed by atoms with E-state index >= 15 is 0 Å². The van der Waals surface area contributed by atoms with Crippen molar-refractivity contribution in [3.05, 3.63) is 0 Å². The molecule has 1 unspecified atom stereocenters. The quantitative estimate of drug-likeness (QED) is 0.825. The molecule has 0 aromatic carbocycles. The third-order valence-electron chi connectivity index (χ3n) is 4.19. The predicted octanol–water partition coefficient (Wildman–Crippen LogP) is 1.59. The molecule has 1 aliphatic heterocycles. The number of aliphatic carboxylic acids is 1. The summed E-state index contributed by atoms with van der Waals surface area (Å²) in [6.07, 6.45) is 5.13. The standard InChI is InChI=1S/C14H24N2O4/c1-14(5-3-2-4-6-14)15-13(19)16-7-8-20-11(10-16)9-12(17)18/h11H,2-10H2,1H3,(H,15,19)(H,17,18). The minimum atomic E-state index is -0.892. The van der Waals surface area contributed by atoms with Gasteiger partial charge in [-0.1, -0.05) is 19.3 Å². The first kappa shape index (κ1) is 15.1. The van der Waals surface area contributed by atoms with E-state index in [-0.39, 0.29) is 18.0 Å². The Morgan fingerprint density at radius 2 is 2.05 bits per heavy atom. The summed E-state index contributed by atoms with van der Waals surface area (Å²) in [5.74, 6) is -0.892. The van der Waals surface area contributed by atoms with Crippen molar-refractivity contribution in [2.75, 3.05) is 19.7 Å². The van der Waals surface area contributed by atoms with E-state index < -0.39 is 12.1 Å². The molecule has 0 spiro atoms. The van der Waals surface area contributed by atoms with Crippen LogP contribution in [0.5, 0.6) is 0 Å². The molecule has 6 heteroatoms. The molecule has 1 saturated carbocycles. The molecule has 2 fully saturated rings. The van der Waals surface area contributed by atoms with Crippen LogP contribution in [-0.4, -0.2) is 53.3 Å². The highest BCUT2D eigenvalue weighted by atomic mass is 16.5. The normalized spacial score (nSPS) is 26.1. The fourth-order valence-electron chi connectivity index (χ4n) is 3.02. The summed E-state index contributed by atoms with van der Waals surface area (Å²) in [5, 5.41) is 11.9. The van der Waals surface area contributed by atoms with Gasteiger partial charge in [-0.05, 0) is 19.8 Å². The largest absolute Gasteiger partial charge is 0.481 e. The topological polar surface area (TPSA) is 78.9 Å². The van der Waals surface area contributed by atoms with Crippen molar-refractivity contribution < 1.29 is 19.4 Å². The van der Waals surface area contributed by atoms with Crippen molar-refractivity contribution in [3.63, 3.8) is 0 Å². The third kappa shape index (κ3) is 4.10. The molecule has 114 valence electrons. The van der Waals surface area contributed by atoms with Crippen molar-refractivity contribution >= 4 is 12.0 Å². The van der Waals surface area contributed by atoms with Crippen LogP contribution in [0.3, 0.4) is 0 Å². The first-order chi connectivity index (χ1) is 9.48. The Bertz CT molecular complexity index is 366. The molecule has 6 nitrogen and oxygen atoms in total. The van der Waals surface area contributed by atoms with E-state index in [4.69, 9.17) is 9.84 Å². The minimum absolute atomic E-state index is 0.0545. The minimum Gasteiger partial charge on any atom is -0.481 e. The number of carboxylic acid groups (broad SMARTS) is 1. The van der Waals surface area contributed by atoms with Gasteiger partial charge in [0.25, 0.3) is 0 Å². The average Bonchev–Trinajstić information content (AvgIpc) is 2.38. The Morgan fingerprint density at radius 1 is 1.35 bits per heavy atom. The SMILES string of the molecule is CC1(NC(=O)N2CCOC(CC(=O)O)C2)CCCCC1. The summed E-state index contributed by atoms with van der Waals surface area (Å²) < 4.78 is 5.38. The second-order valence-corrected chi connectivity index (χ2v) is 6.09. The van der Waals surface area contributed by atoms with E-state index in [9.17, 15) is 9.59 Å². The number of nitrogens with zero attached hydrogens (tertiary/aromatic N) is 1. The van der Waals surface area contributed by atoms with Crippen LogP contribution in [0.2, 0.25) is 0 Å². The highest BCUT2D eigenvalue weighted by molar-refractivity contribution is 5.75. The molecule has 1 heterocycles. The maximum Gasteiger partial charge on any atom is 0.317 e. The molecule has 0 radical (unpaired) electrons. The Hall–Kier alpha value is -1.30. The maximum absolute atomic E-state index is 12.3. The second-order valence-electron chi connectivity index (χ2n) is 6.09. The van der Waals surface area contributed by atoms with Crippen LogP contribution in [0.25, 0.3) is 0 Å². The Labute approximate surface area is 119 Å². The Morgan fingerprint density at radius 3 is 2.70 bits per heavy atom. The van der Waals surface area contributed by atoms with Gasteiger partial charge >= 0.3 is 12.0 Å². The summed E-state index contributed by atoms with van der Waals surface area (Å²) in [4.78, 5) is 24.7. The Kier molecular flexibility index (Phi) is 4.86. The van der Waals surface area contributed by atoms with Gasteiger partial charge in [0.15, 0.2) is 0 Å². The van der Waals surface area contributed by atoms with Gasteiger partial charge in [0.05, 0.1) is 19.1 Å². The summed E-state index contributed by atoms with van der Waals surface area (Å²) in [6.45, 7) is 3.38. The maximum atomic E-state index is 12.3. The van der Waals surface area contributed by atoms with Gasteiger partial charge in [-0.2, -0.15) is 0 Å². The molecular formula is C14H24N2O4. The first-order valence-electron chi connectivity index (χ1n) is 7.39. The molecule has 1 atom stereocenters. The van der Waals surface area contributed by atoms with Crippen LogP contribution in [-0.2, 0) is 9.53 Å². The predicted molar refractivity (Wildman–Crippen MR) is 73.6 cm³/mol. The number of carboxylic acids is 1. The number of morpholine rings is 1. The van der Waals surface area contributed by atoms with Crippen molar-refractivity contribution in [3.8, 4) is 0 Å². The van der Waals surface area contributed by atoms with Gasteiger partial charge in [0, 0.05) is 18.6 Å². The first-order valence-corrected chi connectivity index (χ1v) is 7.39. The number of hydrogen-bond acceptors (Lipinski definition) is 3. The lowest BCUT2D eigenvalue weighted by Crippen LogP contribution is -2.56. The molecule has 1 saturated heterocycles. The number of carbonyl (C=O) groups is 2. The molecule has 1 aliphatic carbocycles. The molecule has 0 bridgehead atoms. The van der Waals surface area contributed by atoms with Gasteiger partial charge in [-0.3, -0.25) is 4.79 Å². The van der Waals surface area contributed by atoms with E-state index in [2.05, 4.69) is 12.2 Å². The molecule has 2 aliphatic rings. The zero-order valence-electron chi connectivity index (χ0n) is 12.1. The number of carbonyl (C=O) groups excluding carboxylic acids is 1. The molecular weight excluding hydrogens is 260 g/mol. The fraction of sp³-hybridized carbons (Fsp3) is 0.857. The van der Waals surface area contributed by atoms with E-state index in [0.29, 0.717) is 19.7 Å². The number of ether oxygens (including phenoxy) is 1. The molecule has 2 amide bonds. The molecule has 0 aromatic heterocycles. The van der Waals surface area contributed by atoms with E-state index in [1.165, 1.54) is 6.42 Å². The highest BCUT2D eigenvalue weighted by Gasteiger charge is 2.32. The number of amides is 2. The zero-order chi connectivity index (χ0) is 14.6. The number of hydrogen-bond donors (Lipinski definition) is 2. The van der Waals surface area contributed by atoms with Gasteiger partial charge in [-0.25, -0.2) is 4.79 Å². The van der Waals surface area contributed by atoms with Crippen molar-refractivity contribution in [1.82, 2.24) is 10.2 Å². The van der Waals surface area contributed by atoms with Gasteiger partial charge < -0.3 is 20.1 Å². The summed E-state index contributed by atoms with van der Waals surface area (Å²) in [7, 11) is 0. The van der Waals surface area contributed by atoms with Crippen molar-refractivity contribution in [2.45, 2.75) is 57.1 Å². The fourth-order valence-corrected chi connectivity index (χ4v) is 3.02. The lowest BCUT2D eigenvalue weighted by atomic mass is 9.83. The average molecular weight is 284 g/mol. The third-order valence-corrected chi connectivity index (χ3v) is 4.19. The van der Waals surface area contributed by atoms with E-state index in [1.807, 2.05) is 0 Å². The summed E-state index contributed by atoms with van der Waals surface area (Å²) >= 11 is 0. The van der Waals surface area contributed by atoms with Crippen molar-refractivity contribution in [2.24, 2.45) is 0 Å². The summed E-state index contributed by atoms with van der Waals surface area (Å²) in [5.41, 5.74) is -0.115. The van der Waals surface area contributed by atoms with E-state index in [0.717, 1.165) is 25.7 Å². The second kappa shape index (κ2) is 6.43. The van der Waals surface area contributed by atoms with Crippen LogP contribution in [0.1, 0.15) is 45.4 Å². The van der Waals surface area contributed by atoms with Gasteiger partial charge in [-0.15, -0.1) is 0 Å². The molecule has 2 rings (SSSR count). The van der Waals surface area contributed by atoms with Crippen LogP contribution in [0.15, 0.2) is 0 Å². The lowest BCUT2D eigenvalue weighted by Gasteiger charge is -2.38. The number of rotatable bonds is 3. The highest BCUT2D eigenvalue weighted by Crippen LogP contribution is 2.27. The van der Waals surface area contributed by atoms with Gasteiger partial charge in [0.1, 0.15) is 0 Å². The Balaban J connectivity index is 1.86. The van der Waals surface area contributed by atoms with Gasteiger partial charge in [0.2, 0.25) is 0 Å². The lowest BCUT2D eigenvalue weighted by molar-refractivity contribution is -0.141. The van der Waals surface area contributed by atoms with Crippen LogP contribution in [0.4, 0.5) is 4.79 Å². The monoisotopic (exact) mass is 284 g/mol. The van der Waals surface area contributed by atoms with Crippen LogP contribution < -0.4 is 5.32 Å². The number of nitrogens with one attached hydrogen (secondary N) is 1. The van der Waals surface area contributed by atoms with Crippen LogP contribution in [0, 0.1) is 0 Å². The van der Waals surface area contributed by atoms with Crippen LogP contribution >= 0.6 is 0 Å². The smallest absolute Gasteiger partial charge is 0.317 e. The van der Waals surface area contributed by atoms with Crippen molar-refractivity contribution in [1.29, 1.82) is 0 Å². The zero-order valence-corrected chi connectivity index (χ0v) is 12.1.